The Hall–Kier alpha value is -1.59. The zero-order chi connectivity index (χ0) is 12.3. The Morgan fingerprint density at radius 2 is 2.19 bits per heavy atom. The second kappa shape index (κ2) is 4.96. The molecule has 0 bridgehead atoms. The maximum Gasteiger partial charge on any atom is 0.357 e. The summed E-state index contributed by atoms with van der Waals surface area (Å²) in [6.45, 7) is 2.75. The molecule has 0 saturated heterocycles. The van der Waals surface area contributed by atoms with Gasteiger partial charge in [-0.05, 0) is 19.4 Å². The fourth-order valence-electron chi connectivity index (χ4n) is 1.22. The van der Waals surface area contributed by atoms with Gasteiger partial charge < -0.3 is 4.74 Å². The second-order valence-corrected chi connectivity index (χ2v) is 3.01. The summed E-state index contributed by atoms with van der Waals surface area (Å²) in [4.78, 5) is 14.6. The van der Waals surface area contributed by atoms with E-state index >= 15 is 0 Å². The van der Waals surface area contributed by atoms with E-state index in [9.17, 15) is 18.0 Å². The van der Waals surface area contributed by atoms with Crippen LogP contribution in [-0.2, 0) is 4.74 Å². The van der Waals surface area contributed by atoms with E-state index in [1.165, 1.54) is 13.8 Å². The van der Waals surface area contributed by atoms with Crippen LogP contribution >= 0.6 is 0 Å². The molecule has 88 valence electrons. The summed E-state index contributed by atoms with van der Waals surface area (Å²) in [5, 5.41) is 0. The molecule has 0 aliphatic heterocycles. The Kier molecular flexibility index (Phi) is 3.87. The molecule has 0 saturated carbocycles. The van der Waals surface area contributed by atoms with Gasteiger partial charge in [0.1, 0.15) is 5.82 Å². The first kappa shape index (κ1) is 12.5. The third-order valence-electron chi connectivity index (χ3n) is 2.01. The van der Waals surface area contributed by atoms with Gasteiger partial charge in [-0.2, -0.15) is 0 Å². The normalized spacial score (nSPS) is 10.6. The monoisotopic (exact) mass is 233 g/mol. The minimum absolute atomic E-state index is 0.0413. The summed E-state index contributed by atoms with van der Waals surface area (Å²) in [5.41, 5.74) is -1.53. The summed E-state index contributed by atoms with van der Waals surface area (Å²) < 4.78 is 42.9. The van der Waals surface area contributed by atoms with Crippen molar-refractivity contribution in [1.29, 1.82) is 0 Å². The van der Waals surface area contributed by atoms with Gasteiger partial charge in [0.05, 0.1) is 18.4 Å². The first-order valence-electron chi connectivity index (χ1n) is 4.59. The van der Waals surface area contributed by atoms with Gasteiger partial charge in [-0.3, -0.25) is 0 Å². The van der Waals surface area contributed by atoms with Crippen molar-refractivity contribution in [3.8, 4) is 0 Å². The van der Waals surface area contributed by atoms with E-state index in [-0.39, 0.29) is 12.2 Å². The van der Waals surface area contributed by atoms with Crippen molar-refractivity contribution in [2.24, 2.45) is 0 Å². The second-order valence-electron chi connectivity index (χ2n) is 3.01. The minimum Gasteiger partial charge on any atom is -0.461 e. The molecule has 1 rings (SSSR count). The van der Waals surface area contributed by atoms with Crippen molar-refractivity contribution >= 4 is 5.97 Å². The molecule has 0 N–H and O–H groups in total. The van der Waals surface area contributed by atoms with Gasteiger partial charge in [-0.25, -0.2) is 22.9 Å². The first-order valence-corrected chi connectivity index (χ1v) is 4.59. The molecule has 16 heavy (non-hydrogen) atoms. The fourth-order valence-corrected chi connectivity index (χ4v) is 1.22. The number of halogens is 3. The van der Waals surface area contributed by atoms with Crippen LogP contribution in [0.4, 0.5) is 13.2 Å². The molecule has 0 radical (unpaired) electrons. The molecule has 0 amide bonds. The highest BCUT2D eigenvalue weighted by Crippen LogP contribution is 2.27. The van der Waals surface area contributed by atoms with Crippen LogP contribution in [0.5, 0.6) is 0 Å². The highest BCUT2D eigenvalue weighted by molar-refractivity contribution is 5.89. The predicted molar refractivity (Wildman–Crippen MR) is 49.8 cm³/mol. The lowest BCUT2D eigenvalue weighted by atomic mass is 10.1. The highest BCUT2D eigenvalue weighted by atomic mass is 19.3. The molecule has 0 aromatic carbocycles. The van der Waals surface area contributed by atoms with Crippen molar-refractivity contribution in [3.63, 3.8) is 0 Å². The quantitative estimate of drug-likeness (QED) is 0.753. The Morgan fingerprint density at radius 3 is 2.69 bits per heavy atom. The number of hydrogen-bond donors (Lipinski definition) is 0. The van der Waals surface area contributed by atoms with E-state index in [1.54, 1.807) is 0 Å². The van der Waals surface area contributed by atoms with Crippen LogP contribution in [0.1, 0.15) is 35.0 Å². The van der Waals surface area contributed by atoms with E-state index in [0.29, 0.717) is 0 Å². The van der Waals surface area contributed by atoms with Crippen LogP contribution in [0.2, 0.25) is 0 Å². The number of ether oxygens (including phenoxy) is 1. The van der Waals surface area contributed by atoms with Crippen LogP contribution < -0.4 is 0 Å². The SMILES string of the molecule is CCOC(=O)c1ncc(F)c(C)c1C(F)F. The van der Waals surface area contributed by atoms with Gasteiger partial charge in [0.2, 0.25) is 0 Å². The maximum absolute atomic E-state index is 13.0. The van der Waals surface area contributed by atoms with Gasteiger partial charge in [-0.1, -0.05) is 0 Å². The zero-order valence-electron chi connectivity index (χ0n) is 8.76. The third-order valence-corrected chi connectivity index (χ3v) is 2.01. The summed E-state index contributed by atoms with van der Waals surface area (Å²) in [6.07, 6.45) is -2.24. The molecule has 0 aliphatic carbocycles. The topological polar surface area (TPSA) is 39.2 Å². The van der Waals surface area contributed by atoms with Crippen molar-refractivity contribution in [2.75, 3.05) is 6.61 Å². The van der Waals surface area contributed by atoms with Crippen LogP contribution in [-0.4, -0.2) is 17.6 Å². The number of esters is 1. The van der Waals surface area contributed by atoms with Crippen LogP contribution in [0.25, 0.3) is 0 Å². The first-order chi connectivity index (χ1) is 7.49. The van der Waals surface area contributed by atoms with Crippen molar-refractivity contribution in [2.45, 2.75) is 20.3 Å². The molecule has 1 heterocycles. The lowest BCUT2D eigenvalue weighted by molar-refractivity contribution is 0.0507. The third kappa shape index (κ3) is 2.32. The number of rotatable bonds is 3. The number of nitrogens with zero attached hydrogens (tertiary/aromatic N) is 1. The highest BCUT2D eigenvalue weighted by Gasteiger charge is 2.25. The van der Waals surface area contributed by atoms with Gasteiger partial charge in [0.15, 0.2) is 5.69 Å². The van der Waals surface area contributed by atoms with E-state index in [0.717, 1.165) is 6.20 Å². The molecule has 0 aliphatic rings. The van der Waals surface area contributed by atoms with E-state index in [1.807, 2.05) is 0 Å². The van der Waals surface area contributed by atoms with Crippen LogP contribution in [0.15, 0.2) is 6.20 Å². The number of carbonyl (C=O) groups is 1. The van der Waals surface area contributed by atoms with Crippen molar-refractivity contribution < 1.29 is 22.7 Å². The lowest BCUT2D eigenvalue weighted by Crippen LogP contribution is -2.13. The maximum atomic E-state index is 13.0. The van der Waals surface area contributed by atoms with Gasteiger partial charge in [0, 0.05) is 0 Å². The molecule has 3 nitrogen and oxygen atoms in total. The van der Waals surface area contributed by atoms with E-state index in [2.05, 4.69) is 9.72 Å². The fraction of sp³-hybridized carbons (Fsp3) is 0.400. The summed E-state index contributed by atoms with van der Waals surface area (Å²) in [5.74, 6) is -1.84. The van der Waals surface area contributed by atoms with Gasteiger partial charge in [-0.15, -0.1) is 0 Å². The van der Waals surface area contributed by atoms with E-state index < -0.39 is 29.5 Å². The molecule has 6 heteroatoms. The lowest BCUT2D eigenvalue weighted by Gasteiger charge is -2.10. The molecule has 0 fully saturated rings. The number of aromatic nitrogens is 1. The number of alkyl halides is 2. The Labute approximate surface area is 90.2 Å². The molecule has 0 spiro atoms. The molecular formula is C10H10F3NO2. The summed E-state index contributed by atoms with van der Waals surface area (Å²) in [7, 11) is 0. The molecule has 1 aromatic heterocycles. The average molecular weight is 233 g/mol. The number of carbonyl (C=O) groups excluding carboxylic acids is 1. The Bertz CT molecular complexity index is 407. The molecular weight excluding hydrogens is 223 g/mol. The van der Waals surface area contributed by atoms with Crippen molar-refractivity contribution in [3.05, 3.63) is 28.8 Å². The summed E-state index contributed by atoms with van der Waals surface area (Å²) in [6, 6.07) is 0. The van der Waals surface area contributed by atoms with Gasteiger partial charge in [0.25, 0.3) is 6.43 Å². The number of hydrogen-bond acceptors (Lipinski definition) is 3. The smallest absolute Gasteiger partial charge is 0.357 e. The Balaban J connectivity index is 3.28. The molecule has 0 unspecified atom stereocenters. The largest absolute Gasteiger partial charge is 0.461 e. The summed E-state index contributed by atoms with van der Waals surface area (Å²) >= 11 is 0. The predicted octanol–water partition coefficient (Wildman–Crippen LogP) is 2.64. The van der Waals surface area contributed by atoms with Gasteiger partial charge >= 0.3 is 5.97 Å². The average Bonchev–Trinajstić information content (AvgIpc) is 2.21. The number of pyridine rings is 1. The Morgan fingerprint density at radius 1 is 1.56 bits per heavy atom. The molecule has 0 atom stereocenters. The standard InChI is InChI=1S/C10H10F3NO2/c1-3-16-10(15)8-7(9(12)13)5(2)6(11)4-14-8/h4,9H,3H2,1-2H3. The van der Waals surface area contributed by atoms with E-state index in [4.69, 9.17) is 0 Å². The van der Waals surface area contributed by atoms with Crippen LogP contribution in [0, 0.1) is 12.7 Å². The van der Waals surface area contributed by atoms with Crippen molar-refractivity contribution in [1.82, 2.24) is 4.98 Å². The van der Waals surface area contributed by atoms with Crippen LogP contribution in [0.3, 0.4) is 0 Å². The minimum atomic E-state index is -2.97. The zero-order valence-corrected chi connectivity index (χ0v) is 8.76. The molecule has 1 aromatic rings.